The summed E-state index contributed by atoms with van der Waals surface area (Å²) in [6.07, 6.45) is 4.07. The van der Waals surface area contributed by atoms with Gasteiger partial charge in [0.05, 0.1) is 23.5 Å². The monoisotopic (exact) mass is 454 g/mol. The van der Waals surface area contributed by atoms with Crippen molar-refractivity contribution in [2.75, 3.05) is 26.2 Å². The van der Waals surface area contributed by atoms with Gasteiger partial charge in [-0.25, -0.2) is 0 Å². The number of nitrogens with one attached hydrogen (secondary N) is 2. The number of Topliss-reactive ketones (excluding diaryl/α,β-unsaturated/α-hetero) is 1. The number of fused-ring (bicyclic) bond motifs is 1. The molecule has 0 radical (unpaired) electrons. The third kappa shape index (κ3) is 5.58. The van der Waals surface area contributed by atoms with Crippen LogP contribution in [-0.4, -0.2) is 42.7 Å². The molecule has 34 heavy (non-hydrogen) atoms. The summed E-state index contributed by atoms with van der Waals surface area (Å²) in [5.74, 6) is 1.49. The van der Waals surface area contributed by atoms with Gasteiger partial charge in [0.15, 0.2) is 5.78 Å². The van der Waals surface area contributed by atoms with Crippen LogP contribution in [-0.2, 0) is 13.0 Å². The van der Waals surface area contributed by atoms with Crippen LogP contribution in [0.2, 0.25) is 0 Å². The first-order valence-electron chi connectivity index (χ1n) is 12.0. The molecule has 0 unspecified atom stereocenters. The summed E-state index contributed by atoms with van der Waals surface area (Å²) < 4.78 is 5.98. The number of nitrogens with zero attached hydrogens (tertiary/aromatic N) is 2. The molecule has 2 N–H and O–H groups in total. The van der Waals surface area contributed by atoms with E-state index in [1.54, 1.807) is 12.3 Å². The zero-order valence-electron chi connectivity index (χ0n) is 19.3. The van der Waals surface area contributed by atoms with Crippen LogP contribution in [0.1, 0.15) is 40.0 Å². The van der Waals surface area contributed by atoms with Gasteiger partial charge < -0.3 is 15.4 Å². The highest BCUT2D eigenvalue weighted by atomic mass is 16.5. The van der Waals surface area contributed by atoms with Gasteiger partial charge in [0, 0.05) is 18.3 Å². The average Bonchev–Trinajstić information content (AvgIpc) is 3.38. The van der Waals surface area contributed by atoms with Gasteiger partial charge in [-0.15, -0.1) is 0 Å². The molecule has 0 saturated carbocycles. The predicted molar refractivity (Wildman–Crippen MR) is 134 cm³/mol. The fourth-order valence-electron chi connectivity index (χ4n) is 4.52. The van der Waals surface area contributed by atoms with E-state index in [1.165, 1.54) is 17.5 Å². The molecule has 0 aliphatic carbocycles. The number of carbonyl (C=O) groups is 1. The summed E-state index contributed by atoms with van der Waals surface area (Å²) in [4.78, 5) is 22.1. The zero-order valence-corrected chi connectivity index (χ0v) is 19.3. The second-order valence-corrected chi connectivity index (χ2v) is 9.02. The molecule has 1 aromatic heterocycles. The third-order valence-electron chi connectivity index (χ3n) is 6.40. The zero-order chi connectivity index (χ0) is 23.2. The smallest absolute Gasteiger partial charge is 0.170 e. The Balaban J connectivity index is 1.21. The summed E-state index contributed by atoms with van der Waals surface area (Å²) in [5, 5.41) is 6.88. The molecular weight excluding hydrogens is 424 g/mol. The Morgan fingerprint density at radius 2 is 1.85 bits per heavy atom. The van der Waals surface area contributed by atoms with Crippen molar-refractivity contribution < 1.29 is 9.53 Å². The van der Waals surface area contributed by atoms with Crippen LogP contribution in [0, 0.1) is 5.92 Å². The molecule has 1 fully saturated rings. The van der Waals surface area contributed by atoms with Crippen molar-refractivity contribution in [3.05, 3.63) is 89.2 Å². The van der Waals surface area contributed by atoms with Crippen molar-refractivity contribution in [1.82, 2.24) is 15.6 Å². The minimum atomic E-state index is 0.0745. The van der Waals surface area contributed by atoms with E-state index in [9.17, 15) is 4.79 Å². The number of aliphatic imine (C=N–C) groups is 1. The molecular formula is C28H30N4O2. The SMILES string of the molecule is O=C1CC(COc2ccc(Cc3ccccc3)cc2)=Nc2c1ccnc2CNC[C@H]1CCNC1. The molecule has 1 atom stereocenters. The fourth-order valence-corrected chi connectivity index (χ4v) is 4.52. The molecule has 0 bridgehead atoms. The van der Waals surface area contributed by atoms with Gasteiger partial charge in [0.2, 0.25) is 0 Å². The molecule has 174 valence electrons. The predicted octanol–water partition coefficient (Wildman–Crippen LogP) is 4.11. The van der Waals surface area contributed by atoms with Crippen molar-refractivity contribution in [2.24, 2.45) is 10.9 Å². The molecule has 0 spiro atoms. The number of rotatable bonds is 9. The second-order valence-electron chi connectivity index (χ2n) is 9.02. The Labute approximate surface area is 200 Å². The van der Waals surface area contributed by atoms with Crippen LogP contribution < -0.4 is 15.4 Å². The van der Waals surface area contributed by atoms with Crippen molar-refractivity contribution >= 4 is 17.2 Å². The van der Waals surface area contributed by atoms with E-state index < -0.39 is 0 Å². The Bertz CT molecular complexity index is 1150. The Hall–Kier alpha value is -3.35. The standard InChI is InChI=1S/C28H30N4O2/c33-27-15-23(19-34-24-8-6-21(7-9-24)14-20-4-2-1-3-5-20)32-28-25(27)11-13-31-26(28)18-30-17-22-10-12-29-16-22/h1-9,11,13,22,29-30H,10,12,14-19H2/t22-/m0/s1. The molecule has 6 nitrogen and oxygen atoms in total. The Morgan fingerprint density at radius 3 is 2.65 bits per heavy atom. The Morgan fingerprint density at radius 1 is 1.03 bits per heavy atom. The Kier molecular flexibility index (Phi) is 7.08. The van der Waals surface area contributed by atoms with Crippen LogP contribution in [0.3, 0.4) is 0 Å². The van der Waals surface area contributed by atoms with Crippen LogP contribution in [0.5, 0.6) is 5.75 Å². The highest BCUT2D eigenvalue weighted by Gasteiger charge is 2.23. The molecule has 0 amide bonds. The summed E-state index contributed by atoms with van der Waals surface area (Å²) in [6, 6.07) is 20.3. The van der Waals surface area contributed by atoms with E-state index in [-0.39, 0.29) is 12.2 Å². The summed E-state index contributed by atoms with van der Waals surface area (Å²) in [7, 11) is 0. The maximum atomic E-state index is 12.8. The first-order valence-corrected chi connectivity index (χ1v) is 12.0. The van der Waals surface area contributed by atoms with Crippen molar-refractivity contribution in [3.63, 3.8) is 0 Å². The third-order valence-corrected chi connectivity index (χ3v) is 6.40. The molecule has 2 aliphatic rings. The largest absolute Gasteiger partial charge is 0.488 e. The normalized spacial score (nSPS) is 17.4. The van der Waals surface area contributed by atoms with Gasteiger partial charge in [0.25, 0.3) is 0 Å². The number of carbonyl (C=O) groups excluding carboxylic acids is 1. The van der Waals surface area contributed by atoms with Crippen LogP contribution in [0.4, 0.5) is 5.69 Å². The number of ketones is 1. The highest BCUT2D eigenvalue weighted by molar-refractivity contribution is 6.16. The summed E-state index contributed by atoms with van der Waals surface area (Å²) in [6.45, 7) is 3.97. The van der Waals surface area contributed by atoms with E-state index >= 15 is 0 Å². The molecule has 3 heterocycles. The van der Waals surface area contributed by atoms with Gasteiger partial charge in [-0.05, 0) is 67.7 Å². The minimum Gasteiger partial charge on any atom is -0.488 e. The lowest BCUT2D eigenvalue weighted by Gasteiger charge is -2.18. The lowest BCUT2D eigenvalue weighted by atomic mass is 10.00. The minimum absolute atomic E-state index is 0.0745. The molecule has 6 heteroatoms. The van der Waals surface area contributed by atoms with Crippen molar-refractivity contribution in [1.29, 1.82) is 0 Å². The molecule has 2 aromatic carbocycles. The number of hydrogen-bond donors (Lipinski definition) is 2. The van der Waals surface area contributed by atoms with Gasteiger partial charge in [-0.2, -0.15) is 0 Å². The molecule has 2 aliphatic heterocycles. The van der Waals surface area contributed by atoms with Gasteiger partial charge in [-0.3, -0.25) is 14.8 Å². The molecule has 1 saturated heterocycles. The van der Waals surface area contributed by atoms with Crippen LogP contribution in [0.25, 0.3) is 0 Å². The average molecular weight is 455 g/mol. The summed E-state index contributed by atoms with van der Waals surface area (Å²) >= 11 is 0. The van der Waals surface area contributed by atoms with E-state index in [2.05, 4.69) is 52.0 Å². The van der Waals surface area contributed by atoms with Gasteiger partial charge >= 0.3 is 0 Å². The lowest BCUT2D eigenvalue weighted by Crippen LogP contribution is -2.25. The maximum absolute atomic E-state index is 12.8. The van der Waals surface area contributed by atoms with Gasteiger partial charge in [-0.1, -0.05) is 42.5 Å². The van der Waals surface area contributed by atoms with E-state index in [0.29, 0.717) is 30.3 Å². The lowest BCUT2D eigenvalue weighted by molar-refractivity contribution is 0.0998. The second kappa shape index (κ2) is 10.7. The molecule has 3 aromatic rings. The first kappa shape index (κ1) is 22.4. The van der Waals surface area contributed by atoms with Crippen LogP contribution >= 0.6 is 0 Å². The number of ether oxygens (including phenoxy) is 1. The summed E-state index contributed by atoms with van der Waals surface area (Å²) in [5.41, 5.74) is 5.41. The number of pyridine rings is 1. The van der Waals surface area contributed by atoms with Crippen LogP contribution in [0.15, 0.2) is 71.9 Å². The van der Waals surface area contributed by atoms with Crippen molar-refractivity contribution in [2.45, 2.75) is 25.8 Å². The first-order chi connectivity index (χ1) is 16.7. The highest BCUT2D eigenvalue weighted by Crippen LogP contribution is 2.29. The number of aromatic nitrogens is 1. The number of benzene rings is 2. The van der Waals surface area contributed by atoms with E-state index in [4.69, 9.17) is 9.73 Å². The van der Waals surface area contributed by atoms with Crippen molar-refractivity contribution in [3.8, 4) is 5.75 Å². The maximum Gasteiger partial charge on any atom is 0.170 e. The topological polar surface area (TPSA) is 75.6 Å². The van der Waals surface area contributed by atoms with E-state index in [1.807, 2.05) is 18.2 Å². The molecule has 5 rings (SSSR count). The van der Waals surface area contributed by atoms with E-state index in [0.717, 1.165) is 43.2 Å². The van der Waals surface area contributed by atoms with Gasteiger partial charge in [0.1, 0.15) is 12.4 Å². The quantitative estimate of drug-likeness (QED) is 0.509. The number of hydrogen-bond acceptors (Lipinski definition) is 6. The fraction of sp³-hybridized carbons (Fsp3) is 0.321.